The first kappa shape index (κ1) is 13.3. The van der Waals surface area contributed by atoms with Gasteiger partial charge in [0.25, 0.3) is 5.56 Å². The molecule has 0 aromatic carbocycles. The number of aromatic nitrogens is 3. The SMILES string of the molecule is Cc1cc(NC(=O)CSc2ncc(C)c(=O)[nH]2)no1. The molecule has 0 saturated carbocycles. The standard InChI is InChI=1S/C11H12N4O3S/c1-6-4-12-11(14-10(6)17)19-5-9(16)13-8-3-7(2)18-15-8/h3-4H,5H2,1-2H3,(H,12,14,17)(H,13,15,16). The Kier molecular flexibility index (Phi) is 4.00. The molecule has 2 rings (SSSR count). The molecule has 2 aromatic heterocycles. The zero-order valence-electron chi connectivity index (χ0n) is 10.4. The van der Waals surface area contributed by atoms with Crippen LogP contribution in [0.1, 0.15) is 11.3 Å². The van der Waals surface area contributed by atoms with Crippen LogP contribution in [0.2, 0.25) is 0 Å². The molecule has 0 radical (unpaired) electrons. The first-order valence-electron chi connectivity index (χ1n) is 5.46. The van der Waals surface area contributed by atoms with Gasteiger partial charge in [-0.1, -0.05) is 16.9 Å². The Labute approximate surface area is 112 Å². The smallest absolute Gasteiger partial charge is 0.254 e. The number of thioether (sulfide) groups is 1. The van der Waals surface area contributed by atoms with Gasteiger partial charge in [0, 0.05) is 17.8 Å². The summed E-state index contributed by atoms with van der Waals surface area (Å²) in [5.74, 6) is 0.861. The number of H-pyrrole nitrogens is 1. The molecule has 19 heavy (non-hydrogen) atoms. The monoisotopic (exact) mass is 280 g/mol. The topological polar surface area (TPSA) is 101 Å². The van der Waals surface area contributed by atoms with E-state index < -0.39 is 0 Å². The molecule has 0 atom stereocenters. The molecule has 0 spiro atoms. The van der Waals surface area contributed by atoms with Gasteiger partial charge in [-0.15, -0.1) is 0 Å². The Bertz CT molecular complexity index is 649. The third kappa shape index (κ3) is 3.68. The van der Waals surface area contributed by atoms with E-state index in [2.05, 4.69) is 20.4 Å². The Morgan fingerprint density at radius 2 is 2.32 bits per heavy atom. The molecule has 0 aliphatic heterocycles. The fourth-order valence-electron chi connectivity index (χ4n) is 1.25. The Morgan fingerprint density at radius 3 is 2.95 bits per heavy atom. The van der Waals surface area contributed by atoms with Crippen LogP contribution in [-0.4, -0.2) is 26.8 Å². The van der Waals surface area contributed by atoms with Gasteiger partial charge >= 0.3 is 0 Å². The highest BCUT2D eigenvalue weighted by Crippen LogP contribution is 2.12. The predicted octanol–water partition coefficient (Wildman–Crippen LogP) is 1.11. The van der Waals surface area contributed by atoms with Crippen molar-refractivity contribution < 1.29 is 9.32 Å². The van der Waals surface area contributed by atoms with Crippen LogP contribution >= 0.6 is 11.8 Å². The molecule has 2 aromatic rings. The largest absolute Gasteiger partial charge is 0.360 e. The molecular weight excluding hydrogens is 268 g/mol. The second-order valence-electron chi connectivity index (χ2n) is 3.86. The van der Waals surface area contributed by atoms with E-state index >= 15 is 0 Å². The fraction of sp³-hybridized carbons (Fsp3) is 0.273. The lowest BCUT2D eigenvalue weighted by molar-refractivity contribution is -0.113. The Morgan fingerprint density at radius 1 is 1.53 bits per heavy atom. The maximum atomic E-state index is 11.6. The highest BCUT2D eigenvalue weighted by Gasteiger charge is 2.08. The molecule has 0 fully saturated rings. The number of hydrogen-bond acceptors (Lipinski definition) is 6. The average molecular weight is 280 g/mol. The minimum absolute atomic E-state index is 0.123. The van der Waals surface area contributed by atoms with E-state index in [1.54, 1.807) is 19.9 Å². The number of anilines is 1. The summed E-state index contributed by atoms with van der Waals surface area (Å²) >= 11 is 1.14. The van der Waals surface area contributed by atoms with Gasteiger partial charge in [-0.3, -0.25) is 9.59 Å². The summed E-state index contributed by atoms with van der Waals surface area (Å²) in [5, 5.41) is 6.63. The molecule has 0 bridgehead atoms. The van der Waals surface area contributed by atoms with Crippen molar-refractivity contribution in [3.05, 3.63) is 33.9 Å². The second-order valence-corrected chi connectivity index (χ2v) is 4.82. The van der Waals surface area contributed by atoms with Gasteiger partial charge in [-0.25, -0.2) is 4.98 Å². The fourth-order valence-corrected chi connectivity index (χ4v) is 1.89. The minimum atomic E-state index is -0.249. The van der Waals surface area contributed by atoms with Crippen LogP contribution in [0, 0.1) is 13.8 Å². The van der Waals surface area contributed by atoms with Crippen molar-refractivity contribution >= 4 is 23.5 Å². The lowest BCUT2D eigenvalue weighted by Crippen LogP contribution is -2.16. The molecule has 1 amide bonds. The average Bonchev–Trinajstić information content (AvgIpc) is 2.76. The molecule has 7 nitrogen and oxygen atoms in total. The highest BCUT2D eigenvalue weighted by atomic mass is 32.2. The highest BCUT2D eigenvalue weighted by molar-refractivity contribution is 7.99. The number of carbonyl (C=O) groups excluding carboxylic acids is 1. The van der Waals surface area contributed by atoms with Gasteiger partial charge in [0.05, 0.1) is 5.75 Å². The van der Waals surface area contributed by atoms with Crippen molar-refractivity contribution in [1.29, 1.82) is 0 Å². The van der Waals surface area contributed by atoms with Crippen LogP contribution in [0.4, 0.5) is 5.82 Å². The molecule has 8 heteroatoms. The molecule has 0 aliphatic carbocycles. The van der Waals surface area contributed by atoms with Gasteiger partial charge in [-0.2, -0.15) is 0 Å². The summed E-state index contributed by atoms with van der Waals surface area (Å²) < 4.78 is 4.83. The van der Waals surface area contributed by atoms with Crippen LogP contribution in [0.15, 0.2) is 26.7 Å². The number of carbonyl (C=O) groups is 1. The van der Waals surface area contributed by atoms with Gasteiger partial charge in [0.15, 0.2) is 11.0 Å². The molecule has 2 heterocycles. The summed E-state index contributed by atoms with van der Waals surface area (Å²) in [7, 11) is 0. The Balaban J connectivity index is 1.89. The third-order valence-corrected chi connectivity index (χ3v) is 3.08. The van der Waals surface area contributed by atoms with Gasteiger partial charge in [0.1, 0.15) is 5.76 Å². The molecule has 100 valence electrons. The zero-order valence-corrected chi connectivity index (χ0v) is 11.2. The van der Waals surface area contributed by atoms with Crippen molar-refractivity contribution in [1.82, 2.24) is 15.1 Å². The van der Waals surface area contributed by atoms with Gasteiger partial charge in [-0.05, 0) is 13.8 Å². The van der Waals surface area contributed by atoms with E-state index in [0.717, 1.165) is 11.8 Å². The summed E-state index contributed by atoms with van der Waals surface area (Å²) in [6, 6.07) is 1.62. The quantitative estimate of drug-likeness (QED) is 0.642. The predicted molar refractivity (Wildman–Crippen MR) is 70.2 cm³/mol. The van der Waals surface area contributed by atoms with E-state index in [-0.39, 0.29) is 17.2 Å². The number of hydrogen-bond donors (Lipinski definition) is 2. The number of nitrogens with zero attached hydrogens (tertiary/aromatic N) is 2. The molecule has 0 saturated heterocycles. The molecular formula is C11H12N4O3S. The lowest BCUT2D eigenvalue weighted by Gasteiger charge is -2.01. The summed E-state index contributed by atoms with van der Waals surface area (Å²) in [6.45, 7) is 3.40. The van der Waals surface area contributed by atoms with Crippen molar-refractivity contribution in [2.75, 3.05) is 11.1 Å². The zero-order chi connectivity index (χ0) is 13.8. The number of rotatable bonds is 4. The van der Waals surface area contributed by atoms with E-state index in [4.69, 9.17) is 4.52 Å². The number of amides is 1. The second kappa shape index (κ2) is 5.70. The first-order valence-corrected chi connectivity index (χ1v) is 6.45. The summed E-state index contributed by atoms with van der Waals surface area (Å²) in [4.78, 5) is 29.6. The number of aryl methyl sites for hydroxylation is 2. The van der Waals surface area contributed by atoms with E-state index in [0.29, 0.717) is 22.3 Å². The Hall–Kier alpha value is -2.09. The molecule has 0 aliphatic rings. The van der Waals surface area contributed by atoms with Crippen molar-refractivity contribution in [3.63, 3.8) is 0 Å². The maximum absolute atomic E-state index is 11.6. The molecule has 0 unspecified atom stereocenters. The number of nitrogens with one attached hydrogen (secondary N) is 2. The summed E-state index contributed by atoms with van der Waals surface area (Å²) in [6.07, 6.45) is 1.47. The van der Waals surface area contributed by atoms with Gasteiger partial charge in [0.2, 0.25) is 5.91 Å². The third-order valence-electron chi connectivity index (χ3n) is 2.19. The van der Waals surface area contributed by atoms with Crippen LogP contribution < -0.4 is 10.9 Å². The van der Waals surface area contributed by atoms with Crippen LogP contribution in [0.3, 0.4) is 0 Å². The van der Waals surface area contributed by atoms with Gasteiger partial charge < -0.3 is 14.8 Å². The van der Waals surface area contributed by atoms with Crippen LogP contribution in [0.25, 0.3) is 0 Å². The van der Waals surface area contributed by atoms with Crippen LogP contribution in [0.5, 0.6) is 0 Å². The van der Waals surface area contributed by atoms with Crippen LogP contribution in [-0.2, 0) is 4.79 Å². The van der Waals surface area contributed by atoms with Crippen molar-refractivity contribution in [3.8, 4) is 0 Å². The maximum Gasteiger partial charge on any atom is 0.254 e. The minimum Gasteiger partial charge on any atom is -0.360 e. The summed E-state index contributed by atoms with van der Waals surface area (Å²) in [5.41, 5.74) is 0.330. The van der Waals surface area contributed by atoms with E-state index in [1.807, 2.05) is 0 Å². The van der Waals surface area contributed by atoms with Crippen molar-refractivity contribution in [2.24, 2.45) is 0 Å². The first-order chi connectivity index (χ1) is 9.04. The lowest BCUT2D eigenvalue weighted by atomic mass is 10.4. The normalized spacial score (nSPS) is 10.4. The van der Waals surface area contributed by atoms with E-state index in [1.165, 1.54) is 6.20 Å². The van der Waals surface area contributed by atoms with Crippen molar-refractivity contribution in [2.45, 2.75) is 19.0 Å². The van der Waals surface area contributed by atoms with E-state index in [9.17, 15) is 9.59 Å². The number of aromatic amines is 1. The molecule has 2 N–H and O–H groups in total.